The Morgan fingerprint density at radius 2 is 1.60 bits per heavy atom. The molecule has 0 radical (unpaired) electrons. The third kappa shape index (κ3) is 3.06. The summed E-state index contributed by atoms with van der Waals surface area (Å²) in [6, 6.07) is 0. The van der Waals surface area contributed by atoms with E-state index in [1.165, 1.54) is 44.1 Å². The quantitative estimate of drug-likeness (QED) is 0.458. The molecule has 0 spiro atoms. The van der Waals surface area contributed by atoms with E-state index in [4.69, 9.17) is 5.73 Å². The lowest BCUT2D eigenvalue weighted by atomic mass is 9.32. The molecule has 3 heteroatoms. The standard InChI is InChI=1S/C32H53NO2/c1-19(2)26-22(34)17-32(25(35)18-33)16-15-30(7)21(27(26)32)9-10-24-29(6)13-11-20(3)28(4,5)23(29)12-14-31(24,30)8/h19-21,23-25,35H,9-18,33H2,1-8H3/t20-,21+,23-,24+,25?,29-,30+,31+,32-/m0/s1. The summed E-state index contributed by atoms with van der Waals surface area (Å²) in [6.07, 6.45) is 9.73. The largest absolute Gasteiger partial charge is 0.391 e. The molecular formula is C32H53NO2. The average molecular weight is 484 g/mol. The summed E-state index contributed by atoms with van der Waals surface area (Å²) in [5.41, 5.74) is 9.36. The Bertz CT molecular complexity index is 934. The Kier molecular flexibility index (Phi) is 5.87. The zero-order valence-corrected chi connectivity index (χ0v) is 24.0. The summed E-state index contributed by atoms with van der Waals surface area (Å²) in [7, 11) is 0. The number of aliphatic hydroxyl groups is 1. The van der Waals surface area contributed by atoms with Crippen LogP contribution in [-0.4, -0.2) is 23.5 Å². The smallest absolute Gasteiger partial charge is 0.160 e. The molecule has 4 fully saturated rings. The van der Waals surface area contributed by atoms with Crippen molar-refractivity contribution in [1.29, 1.82) is 0 Å². The van der Waals surface area contributed by atoms with Crippen LogP contribution in [0.3, 0.4) is 0 Å². The molecule has 0 aromatic carbocycles. The predicted molar refractivity (Wildman–Crippen MR) is 144 cm³/mol. The average Bonchev–Trinajstić information content (AvgIpc) is 3.10. The lowest BCUT2D eigenvalue weighted by Crippen LogP contribution is -2.65. The second-order valence-electron chi connectivity index (χ2n) is 15.4. The number of aliphatic hydroxyl groups excluding tert-OH is 1. The first-order valence-corrected chi connectivity index (χ1v) is 14.9. The molecule has 0 saturated heterocycles. The summed E-state index contributed by atoms with van der Waals surface area (Å²) in [5, 5.41) is 11.3. The van der Waals surface area contributed by atoms with Crippen molar-refractivity contribution in [3.63, 3.8) is 0 Å². The Morgan fingerprint density at radius 1 is 0.914 bits per heavy atom. The SMILES string of the molecule is CC(C)C1=C2[C@H]3CC[C@@H]4[C@@]5(C)CC[C@H](C)C(C)(C)[C@@H]5CC[C@@]4(C)[C@]3(C)CC[C@@]2(C(O)CN)CC1=O. The fourth-order valence-electron chi connectivity index (χ4n) is 11.5. The number of Topliss-reactive ketones (excluding diaryl/α,β-unsaturated/α-hetero) is 1. The van der Waals surface area contributed by atoms with Gasteiger partial charge in [-0.1, -0.05) is 61.0 Å². The molecule has 0 aromatic rings. The summed E-state index contributed by atoms with van der Waals surface area (Å²) in [5.74, 6) is 3.25. The molecule has 1 unspecified atom stereocenters. The van der Waals surface area contributed by atoms with Gasteiger partial charge >= 0.3 is 0 Å². The minimum absolute atomic E-state index is 0.176. The van der Waals surface area contributed by atoms with E-state index in [9.17, 15) is 9.90 Å². The molecule has 0 aromatic heterocycles. The van der Waals surface area contributed by atoms with Crippen molar-refractivity contribution >= 4 is 5.78 Å². The second kappa shape index (κ2) is 7.92. The third-order valence-electron chi connectivity index (χ3n) is 13.9. The minimum atomic E-state index is -0.610. The predicted octanol–water partition coefficient (Wildman–Crippen LogP) is 6.92. The second-order valence-corrected chi connectivity index (χ2v) is 15.4. The van der Waals surface area contributed by atoms with Gasteiger partial charge < -0.3 is 10.8 Å². The molecule has 9 atom stereocenters. The van der Waals surface area contributed by atoms with Crippen LogP contribution in [0.5, 0.6) is 0 Å². The molecule has 0 aliphatic heterocycles. The van der Waals surface area contributed by atoms with Crippen molar-refractivity contribution < 1.29 is 9.90 Å². The highest BCUT2D eigenvalue weighted by Gasteiger charge is 2.70. The highest BCUT2D eigenvalue weighted by molar-refractivity contribution is 6.00. The number of hydrogen-bond acceptors (Lipinski definition) is 3. The maximum atomic E-state index is 13.5. The van der Waals surface area contributed by atoms with E-state index < -0.39 is 11.5 Å². The maximum Gasteiger partial charge on any atom is 0.160 e. The molecule has 5 aliphatic rings. The van der Waals surface area contributed by atoms with Crippen LogP contribution in [0.1, 0.15) is 113 Å². The van der Waals surface area contributed by atoms with Crippen LogP contribution in [0.25, 0.3) is 0 Å². The van der Waals surface area contributed by atoms with Gasteiger partial charge in [-0.3, -0.25) is 4.79 Å². The molecule has 4 saturated carbocycles. The number of ketones is 1. The van der Waals surface area contributed by atoms with Crippen LogP contribution < -0.4 is 5.73 Å². The molecule has 35 heavy (non-hydrogen) atoms. The summed E-state index contributed by atoms with van der Waals surface area (Å²) >= 11 is 0. The van der Waals surface area contributed by atoms with E-state index in [-0.39, 0.29) is 29.1 Å². The van der Waals surface area contributed by atoms with Gasteiger partial charge in [-0.25, -0.2) is 0 Å². The lowest BCUT2D eigenvalue weighted by molar-refractivity contribution is -0.222. The molecule has 5 aliphatic carbocycles. The summed E-state index contributed by atoms with van der Waals surface area (Å²) in [4.78, 5) is 13.5. The van der Waals surface area contributed by atoms with Crippen LogP contribution in [0.2, 0.25) is 0 Å². The maximum absolute atomic E-state index is 13.5. The molecule has 3 nitrogen and oxygen atoms in total. The van der Waals surface area contributed by atoms with Crippen molar-refractivity contribution in [3.05, 3.63) is 11.1 Å². The number of carbonyl (C=O) groups is 1. The number of carbonyl (C=O) groups excluding carboxylic acids is 1. The van der Waals surface area contributed by atoms with E-state index in [1.807, 2.05) is 0 Å². The topological polar surface area (TPSA) is 63.3 Å². The number of nitrogens with two attached hydrogens (primary N) is 1. The summed E-state index contributed by atoms with van der Waals surface area (Å²) < 4.78 is 0. The molecule has 5 rings (SSSR count). The van der Waals surface area contributed by atoms with E-state index >= 15 is 0 Å². The fourth-order valence-corrected chi connectivity index (χ4v) is 11.5. The van der Waals surface area contributed by atoms with Gasteiger partial charge in [-0.15, -0.1) is 0 Å². The van der Waals surface area contributed by atoms with Crippen molar-refractivity contribution in [2.45, 2.75) is 119 Å². The Hall–Kier alpha value is -0.670. The lowest BCUT2D eigenvalue weighted by Gasteiger charge is -2.72. The van der Waals surface area contributed by atoms with Crippen molar-refractivity contribution in [1.82, 2.24) is 0 Å². The van der Waals surface area contributed by atoms with E-state index in [0.29, 0.717) is 23.2 Å². The molecule has 198 valence electrons. The zero-order chi connectivity index (χ0) is 25.8. The normalized spacial score (nSPS) is 49.9. The monoisotopic (exact) mass is 483 g/mol. The van der Waals surface area contributed by atoms with Crippen molar-refractivity contribution in [2.24, 2.45) is 62.4 Å². The van der Waals surface area contributed by atoms with E-state index in [0.717, 1.165) is 36.2 Å². The van der Waals surface area contributed by atoms with Crippen LogP contribution in [0.4, 0.5) is 0 Å². The van der Waals surface area contributed by atoms with E-state index in [2.05, 4.69) is 55.4 Å². The van der Waals surface area contributed by atoms with Gasteiger partial charge in [-0.05, 0) is 108 Å². The van der Waals surface area contributed by atoms with Gasteiger partial charge in [0, 0.05) is 18.4 Å². The highest BCUT2D eigenvalue weighted by Crippen LogP contribution is 2.77. The van der Waals surface area contributed by atoms with Crippen LogP contribution in [0.15, 0.2) is 11.1 Å². The zero-order valence-electron chi connectivity index (χ0n) is 24.0. The Labute approximate surface area is 215 Å². The van der Waals surface area contributed by atoms with Crippen molar-refractivity contribution in [3.8, 4) is 0 Å². The molecule has 0 bridgehead atoms. The first kappa shape index (κ1) is 26.0. The van der Waals surface area contributed by atoms with Crippen LogP contribution in [0, 0.1) is 56.7 Å². The summed E-state index contributed by atoms with van der Waals surface area (Å²) in [6.45, 7) is 20.1. The fraction of sp³-hybridized carbons (Fsp3) is 0.906. The molecule has 0 amide bonds. The Morgan fingerprint density at radius 3 is 2.23 bits per heavy atom. The number of rotatable bonds is 3. The van der Waals surface area contributed by atoms with Crippen LogP contribution in [-0.2, 0) is 4.79 Å². The number of fused-ring (bicyclic) bond motifs is 7. The molecular weight excluding hydrogens is 430 g/mol. The van der Waals surface area contributed by atoms with Gasteiger partial charge in [0.25, 0.3) is 0 Å². The third-order valence-corrected chi connectivity index (χ3v) is 13.9. The highest BCUT2D eigenvalue weighted by atomic mass is 16.3. The molecule has 0 heterocycles. The minimum Gasteiger partial charge on any atom is -0.391 e. The van der Waals surface area contributed by atoms with Gasteiger partial charge in [0.1, 0.15) is 0 Å². The number of allylic oxidation sites excluding steroid dienone is 1. The van der Waals surface area contributed by atoms with Gasteiger partial charge in [0.2, 0.25) is 0 Å². The van der Waals surface area contributed by atoms with Gasteiger partial charge in [0.05, 0.1) is 6.10 Å². The van der Waals surface area contributed by atoms with Gasteiger partial charge in [-0.2, -0.15) is 0 Å². The first-order chi connectivity index (χ1) is 16.2. The molecule has 3 N–H and O–H groups in total. The van der Waals surface area contributed by atoms with E-state index in [1.54, 1.807) is 0 Å². The Balaban J connectivity index is 1.61. The van der Waals surface area contributed by atoms with Crippen molar-refractivity contribution in [2.75, 3.05) is 6.54 Å². The van der Waals surface area contributed by atoms with Gasteiger partial charge in [0.15, 0.2) is 5.78 Å². The number of hydrogen-bond donors (Lipinski definition) is 2. The van der Waals surface area contributed by atoms with Crippen LogP contribution >= 0.6 is 0 Å². The first-order valence-electron chi connectivity index (χ1n) is 14.9.